The number of alkyl halides is 3. The molecule has 1 heterocycles. The number of hydrogen-bond acceptors (Lipinski definition) is 2. The third kappa shape index (κ3) is 7.01. The highest BCUT2D eigenvalue weighted by molar-refractivity contribution is 5.79. The summed E-state index contributed by atoms with van der Waals surface area (Å²) in [4.78, 5) is 3.87. The van der Waals surface area contributed by atoms with E-state index in [2.05, 4.69) is 20.7 Å². The average Bonchev–Trinajstić information content (AvgIpc) is 2.76. The van der Waals surface area contributed by atoms with E-state index in [4.69, 9.17) is 0 Å². The van der Waals surface area contributed by atoms with Gasteiger partial charge in [0.15, 0.2) is 5.96 Å². The van der Waals surface area contributed by atoms with E-state index in [-0.39, 0.29) is 6.54 Å². The molecule has 0 atom stereocenters. The average molecular weight is 291 g/mol. The van der Waals surface area contributed by atoms with Crippen molar-refractivity contribution in [2.45, 2.75) is 25.4 Å². The van der Waals surface area contributed by atoms with Gasteiger partial charge in [-0.2, -0.15) is 18.3 Å². The van der Waals surface area contributed by atoms with Crippen molar-refractivity contribution in [3.05, 3.63) is 18.0 Å². The second-order valence-corrected chi connectivity index (χ2v) is 4.42. The first-order chi connectivity index (χ1) is 9.40. The van der Waals surface area contributed by atoms with Gasteiger partial charge >= 0.3 is 6.18 Å². The predicted octanol–water partition coefficient (Wildman–Crippen LogP) is 1.47. The Hall–Kier alpha value is -1.73. The third-order valence-corrected chi connectivity index (χ3v) is 2.62. The quantitative estimate of drug-likeness (QED) is 0.474. The molecule has 114 valence electrons. The van der Waals surface area contributed by atoms with Gasteiger partial charge in [0.2, 0.25) is 0 Å². The minimum absolute atomic E-state index is 0.175. The van der Waals surface area contributed by atoms with Gasteiger partial charge < -0.3 is 10.6 Å². The fourth-order valence-corrected chi connectivity index (χ4v) is 1.64. The minimum atomic E-state index is -4.15. The molecule has 0 fully saturated rings. The Labute approximate surface area is 116 Å². The van der Waals surface area contributed by atoms with Crippen molar-refractivity contribution in [3.63, 3.8) is 0 Å². The highest BCUT2D eigenvalue weighted by Gasteiger charge is 2.26. The molecule has 0 saturated carbocycles. The third-order valence-electron chi connectivity index (χ3n) is 2.62. The molecule has 0 radical (unpaired) electrons. The zero-order valence-electron chi connectivity index (χ0n) is 11.7. The van der Waals surface area contributed by atoms with E-state index < -0.39 is 12.6 Å². The summed E-state index contributed by atoms with van der Waals surface area (Å²) in [5.41, 5.74) is 1.13. The van der Waals surface area contributed by atoms with Crippen LogP contribution in [0.5, 0.6) is 0 Å². The van der Waals surface area contributed by atoms with Crippen LogP contribution in [0.2, 0.25) is 0 Å². The van der Waals surface area contributed by atoms with E-state index in [1.165, 1.54) is 7.05 Å². The molecule has 1 rings (SSSR count). The van der Waals surface area contributed by atoms with Gasteiger partial charge in [-0.1, -0.05) is 0 Å². The van der Waals surface area contributed by atoms with Crippen LogP contribution in [-0.2, 0) is 13.5 Å². The SMILES string of the molecule is CN=C(NCCCc1cnn(C)c1)NCCC(F)(F)F. The van der Waals surface area contributed by atoms with E-state index in [0.29, 0.717) is 12.5 Å². The molecule has 0 saturated heterocycles. The summed E-state index contributed by atoms with van der Waals surface area (Å²) < 4.78 is 37.7. The summed E-state index contributed by atoms with van der Waals surface area (Å²) in [6.07, 6.45) is 0.439. The number of halogens is 3. The summed E-state index contributed by atoms with van der Waals surface area (Å²) in [5, 5.41) is 9.67. The van der Waals surface area contributed by atoms with Crippen LogP contribution in [0.25, 0.3) is 0 Å². The van der Waals surface area contributed by atoms with Crippen LogP contribution in [0.3, 0.4) is 0 Å². The first kappa shape index (κ1) is 16.3. The van der Waals surface area contributed by atoms with Gasteiger partial charge in [0.1, 0.15) is 0 Å². The van der Waals surface area contributed by atoms with E-state index in [0.717, 1.165) is 18.4 Å². The van der Waals surface area contributed by atoms with Crippen molar-refractivity contribution in [1.29, 1.82) is 0 Å². The maximum Gasteiger partial charge on any atom is 0.390 e. The van der Waals surface area contributed by atoms with Gasteiger partial charge in [0.05, 0.1) is 12.6 Å². The van der Waals surface area contributed by atoms with Crippen molar-refractivity contribution < 1.29 is 13.2 Å². The molecule has 0 aromatic carbocycles. The monoisotopic (exact) mass is 291 g/mol. The van der Waals surface area contributed by atoms with E-state index >= 15 is 0 Å². The molecule has 8 heteroatoms. The number of nitrogens with one attached hydrogen (secondary N) is 2. The fraction of sp³-hybridized carbons (Fsp3) is 0.667. The first-order valence-corrected chi connectivity index (χ1v) is 6.39. The molecule has 0 unspecified atom stereocenters. The summed E-state index contributed by atoms with van der Waals surface area (Å²) >= 11 is 0. The van der Waals surface area contributed by atoms with Crippen LogP contribution in [0.15, 0.2) is 17.4 Å². The van der Waals surface area contributed by atoms with Crippen molar-refractivity contribution in [2.24, 2.45) is 12.0 Å². The molecule has 2 N–H and O–H groups in total. The maximum absolute atomic E-state index is 12.0. The number of guanidine groups is 1. The molecule has 20 heavy (non-hydrogen) atoms. The number of nitrogens with zero attached hydrogens (tertiary/aromatic N) is 3. The Morgan fingerprint density at radius 2 is 2.05 bits per heavy atom. The van der Waals surface area contributed by atoms with Gasteiger partial charge in [-0.05, 0) is 18.4 Å². The number of aryl methyl sites for hydroxylation is 2. The topological polar surface area (TPSA) is 54.2 Å². The van der Waals surface area contributed by atoms with Crippen LogP contribution in [0, 0.1) is 0 Å². The lowest BCUT2D eigenvalue weighted by atomic mass is 10.2. The van der Waals surface area contributed by atoms with E-state index in [1.54, 1.807) is 10.9 Å². The van der Waals surface area contributed by atoms with E-state index in [9.17, 15) is 13.2 Å². The molecule has 0 aliphatic rings. The molecule has 0 spiro atoms. The predicted molar refractivity (Wildman–Crippen MR) is 71.6 cm³/mol. The van der Waals surface area contributed by atoms with Crippen molar-refractivity contribution in [2.75, 3.05) is 20.1 Å². The Balaban J connectivity index is 2.15. The number of aliphatic imine (C=N–C) groups is 1. The van der Waals surface area contributed by atoms with E-state index in [1.807, 2.05) is 13.2 Å². The lowest BCUT2D eigenvalue weighted by Gasteiger charge is -2.12. The highest BCUT2D eigenvalue weighted by Crippen LogP contribution is 2.17. The number of aromatic nitrogens is 2. The minimum Gasteiger partial charge on any atom is -0.356 e. The van der Waals surface area contributed by atoms with Gasteiger partial charge in [-0.3, -0.25) is 9.67 Å². The summed E-state index contributed by atoms with van der Waals surface area (Å²) in [7, 11) is 3.39. The van der Waals surface area contributed by atoms with Crippen molar-refractivity contribution in [1.82, 2.24) is 20.4 Å². The molecule has 0 aliphatic carbocycles. The fourth-order valence-electron chi connectivity index (χ4n) is 1.64. The molecule has 0 bridgehead atoms. The molecular weight excluding hydrogens is 271 g/mol. The lowest BCUT2D eigenvalue weighted by molar-refractivity contribution is -0.132. The van der Waals surface area contributed by atoms with Crippen LogP contribution in [0.4, 0.5) is 13.2 Å². The molecule has 1 aromatic heterocycles. The van der Waals surface area contributed by atoms with Crippen LogP contribution < -0.4 is 10.6 Å². The smallest absolute Gasteiger partial charge is 0.356 e. The second kappa shape index (κ2) is 7.76. The van der Waals surface area contributed by atoms with Gasteiger partial charge in [-0.15, -0.1) is 0 Å². The zero-order chi connectivity index (χ0) is 15.0. The number of hydrogen-bond donors (Lipinski definition) is 2. The lowest BCUT2D eigenvalue weighted by Crippen LogP contribution is -2.39. The van der Waals surface area contributed by atoms with Crippen LogP contribution in [-0.4, -0.2) is 42.1 Å². The first-order valence-electron chi connectivity index (χ1n) is 6.39. The second-order valence-electron chi connectivity index (χ2n) is 4.42. The van der Waals surface area contributed by atoms with Crippen LogP contribution >= 0.6 is 0 Å². The summed E-state index contributed by atoms with van der Waals surface area (Å²) in [6, 6.07) is 0. The molecular formula is C12H20F3N5. The standard InChI is InChI=1S/C12H20F3N5/c1-16-11(18-7-5-12(13,14)15)17-6-3-4-10-8-19-20(2)9-10/h8-9H,3-7H2,1-2H3,(H2,16,17,18). The van der Waals surface area contributed by atoms with Gasteiger partial charge in [-0.25, -0.2) is 0 Å². The number of rotatable bonds is 6. The Kier molecular flexibility index (Phi) is 6.33. The summed E-state index contributed by atoms with van der Waals surface area (Å²) in [6.45, 7) is 0.465. The molecule has 5 nitrogen and oxygen atoms in total. The summed E-state index contributed by atoms with van der Waals surface area (Å²) in [5.74, 6) is 0.389. The normalized spacial score (nSPS) is 12.6. The maximum atomic E-state index is 12.0. The van der Waals surface area contributed by atoms with Crippen molar-refractivity contribution >= 4 is 5.96 Å². The Morgan fingerprint density at radius 1 is 1.35 bits per heavy atom. The molecule has 0 aliphatic heterocycles. The highest BCUT2D eigenvalue weighted by atomic mass is 19.4. The Bertz CT molecular complexity index is 425. The molecule has 1 aromatic rings. The van der Waals surface area contributed by atoms with Crippen molar-refractivity contribution in [3.8, 4) is 0 Å². The molecule has 0 amide bonds. The van der Waals surface area contributed by atoms with Gasteiger partial charge in [0, 0.05) is 33.4 Å². The van der Waals surface area contributed by atoms with Crippen LogP contribution in [0.1, 0.15) is 18.4 Å². The Morgan fingerprint density at radius 3 is 2.60 bits per heavy atom. The zero-order valence-corrected chi connectivity index (χ0v) is 11.7. The largest absolute Gasteiger partial charge is 0.390 e. The van der Waals surface area contributed by atoms with Gasteiger partial charge in [0.25, 0.3) is 0 Å².